The summed E-state index contributed by atoms with van der Waals surface area (Å²) in [7, 11) is 4.30. The Morgan fingerprint density at radius 2 is 1.43 bits per heavy atom. The lowest BCUT2D eigenvalue weighted by molar-refractivity contribution is -0.858. The Hall–Kier alpha value is -2.00. The number of hydrogen-bond donors (Lipinski definition) is 1. The Balaban J connectivity index is 1.74. The molecule has 0 spiro atoms. The zero-order valence-electron chi connectivity index (χ0n) is 12.8. The van der Waals surface area contributed by atoms with Gasteiger partial charge in [0.15, 0.2) is 0 Å². The van der Waals surface area contributed by atoms with E-state index in [2.05, 4.69) is 26.2 Å². The first-order valence-electron chi connectivity index (χ1n) is 7.42. The van der Waals surface area contributed by atoms with Crippen LogP contribution in [-0.4, -0.2) is 27.2 Å². The van der Waals surface area contributed by atoms with E-state index in [4.69, 9.17) is 9.47 Å². The summed E-state index contributed by atoms with van der Waals surface area (Å²) in [5.41, 5.74) is 1.17. The quantitative estimate of drug-likeness (QED) is 0.752. The van der Waals surface area contributed by atoms with E-state index in [1.165, 1.54) is 10.5 Å². The number of benzene rings is 2. The summed E-state index contributed by atoms with van der Waals surface area (Å²) in [6.07, 6.45) is 1.06. The average molecular weight is 286 g/mol. The minimum absolute atomic E-state index is 0.590. The third-order valence-corrected chi connectivity index (χ3v) is 3.16. The molecule has 0 fully saturated rings. The van der Waals surface area contributed by atoms with Crippen LogP contribution in [0.5, 0.6) is 11.5 Å². The Kier molecular flexibility index (Phi) is 6.10. The molecule has 0 aromatic heterocycles. The van der Waals surface area contributed by atoms with Gasteiger partial charge >= 0.3 is 0 Å². The highest BCUT2D eigenvalue weighted by Crippen LogP contribution is 2.18. The van der Waals surface area contributed by atoms with Crippen molar-refractivity contribution in [2.45, 2.75) is 13.0 Å². The minimum Gasteiger partial charge on any atom is -0.493 e. The van der Waals surface area contributed by atoms with Crippen molar-refractivity contribution in [3.63, 3.8) is 0 Å². The van der Waals surface area contributed by atoms with Crippen LogP contribution in [0.15, 0.2) is 54.6 Å². The van der Waals surface area contributed by atoms with Crippen LogP contribution in [0.25, 0.3) is 0 Å². The van der Waals surface area contributed by atoms with E-state index in [9.17, 15) is 0 Å². The molecule has 0 saturated heterocycles. The van der Waals surface area contributed by atoms with Crippen molar-refractivity contribution in [1.82, 2.24) is 0 Å². The molecule has 2 rings (SSSR count). The van der Waals surface area contributed by atoms with Gasteiger partial charge in [-0.15, -0.1) is 0 Å². The third kappa shape index (κ3) is 5.88. The SMILES string of the molecule is C[NH+](C)CCCOc1ccc(OCc2ccccc2)cc1. The molecule has 0 aliphatic heterocycles. The molecule has 0 unspecified atom stereocenters. The number of ether oxygens (including phenoxy) is 2. The minimum atomic E-state index is 0.590. The van der Waals surface area contributed by atoms with E-state index < -0.39 is 0 Å². The van der Waals surface area contributed by atoms with Crippen LogP contribution in [-0.2, 0) is 6.61 Å². The van der Waals surface area contributed by atoms with E-state index in [0.29, 0.717) is 6.61 Å². The second-order valence-corrected chi connectivity index (χ2v) is 5.40. The molecule has 0 atom stereocenters. The van der Waals surface area contributed by atoms with Crippen molar-refractivity contribution in [1.29, 1.82) is 0 Å². The standard InChI is InChI=1S/C18H23NO2/c1-19(2)13-6-14-20-17-9-11-18(12-10-17)21-15-16-7-4-3-5-8-16/h3-5,7-12H,6,13-15H2,1-2H3/p+1. The topological polar surface area (TPSA) is 22.9 Å². The van der Waals surface area contributed by atoms with Crippen LogP contribution in [0, 0.1) is 0 Å². The fourth-order valence-electron chi connectivity index (χ4n) is 1.99. The number of nitrogens with one attached hydrogen (secondary N) is 1. The van der Waals surface area contributed by atoms with Gasteiger partial charge in [-0.1, -0.05) is 30.3 Å². The number of quaternary nitrogens is 1. The second kappa shape index (κ2) is 8.32. The molecule has 1 N–H and O–H groups in total. The van der Waals surface area contributed by atoms with Crippen LogP contribution < -0.4 is 14.4 Å². The van der Waals surface area contributed by atoms with E-state index in [1.807, 2.05) is 42.5 Å². The van der Waals surface area contributed by atoms with Crippen LogP contribution in [0.2, 0.25) is 0 Å². The summed E-state index contributed by atoms with van der Waals surface area (Å²) in [5, 5.41) is 0. The second-order valence-electron chi connectivity index (χ2n) is 5.40. The van der Waals surface area contributed by atoms with Gasteiger partial charge in [-0.3, -0.25) is 0 Å². The van der Waals surface area contributed by atoms with Gasteiger partial charge in [0.05, 0.1) is 27.2 Å². The van der Waals surface area contributed by atoms with Gasteiger partial charge in [0.2, 0.25) is 0 Å². The average Bonchev–Trinajstić information content (AvgIpc) is 2.51. The highest BCUT2D eigenvalue weighted by molar-refractivity contribution is 5.31. The van der Waals surface area contributed by atoms with E-state index >= 15 is 0 Å². The van der Waals surface area contributed by atoms with E-state index in [-0.39, 0.29) is 0 Å². The molecular formula is C18H24NO2+. The summed E-state index contributed by atoms with van der Waals surface area (Å²) in [6, 6.07) is 18.0. The molecule has 3 heteroatoms. The normalized spacial score (nSPS) is 10.6. The summed E-state index contributed by atoms with van der Waals surface area (Å²) < 4.78 is 11.5. The van der Waals surface area contributed by atoms with Crippen LogP contribution in [0.4, 0.5) is 0 Å². The van der Waals surface area contributed by atoms with Gasteiger partial charge < -0.3 is 14.4 Å². The van der Waals surface area contributed by atoms with Crippen molar-refractivity contribution in [2.24, 2.45) is 0 Å². The van der Waals surface area contributed by atoms with Gasteiger partial charge in [-0.05, 0) is 29.8 Å². The zero-order valence-corrected chi connectivity index (χ0v) is 12.8. The van der Waals surface area contributed by atoms with Gasteiger partial charge in [-0.25, -0.2) is 0 Å². The Morgan fingerprint density at radius 3 is 2.05 bits per heavy atom. The molecule has 0 aliphatic rings. The van der Waals surface area contributed by atoms with Crippen molar-refractivity contribution in [2.75, 3.05) is 27.2 Å². The molecule has 0 amide bonds. The fourth-order valence-corrected chi connectivity index (χ4v) is 1.99. The first kappa shape index (κ1) is 15.4. The molecule has 0 saturated carbocycles. The van der Waals surface area contributed by atoms with Crippen molar-refractivity contribution in [3.8, 4) is 11.5 Å². The molecule has 3 nitrogen and oxygen atoms in total. The lowest BCUT2D eigenvalue weighted by atomic mass is 10.2. The maximum Gasteiger partial charge on any atom is 0.120 e. The van der Waals surface area contributed by atoms with Crippen molar-refractivity contribution < 1.29 is 14.4 Å². The van der Waals surface area contributed by atoms with Gasteiger partial charge in [0, 0.05) is 6.42 Å². The number of rotatable bonds is 8. The maximum atomic E-state index is 5.75. The lowest BCUT2D eigenvalue weighted by Crippen LogP contribution is -3.05. The molecule has 0 bridgehead atoms. The predicted molar refractivity (Wildman–Crippen MR) is 85.0 cm³/mol. The maximum absolute atomic E-state index is 5.75. The summed E-state index contributed by atoms with van der Waals surface area (Å²) in [4.78, 5) is 1.45. The van der Waals surface area contributed by atoms with E-state index in [1.54, 1.807) is 0 Å². The Bertz CT molecular complexity index is 509. The summed E-state index contributed by atoms with van der Waals surface area (Å²) in [6.45, 7) is 2.47. The highest BCUT2D eigenvalue weighted by Gasteiger charge is 1.99. The number of hydrogen-bond acceptors (Lipinski definition) is 2. The molecule has 0 radical (unpaired) electrons. The fraction of sp³-hybridized carbons (Fsp3) is 0.333. The van der Waals surface area contributed by atoms with E-state index in [0.717, 1.165) is 31.1 Å². The molecule has 0 heterocycles. The largest absolute Gasteiger partial charge is 0.493 e. The lowest BCUT2D eigenvalue weighted by Gasteiger charge is -2.10. The molecule has 112 valence electrons. The van der Waals surface area contributed by atoms with Gasteiger partial charge in [-0.2, -0.15) is 0 Å². The van der Waals surface area contributed by atoms with Crippen LogP contribution >= 0.6 is 0 Å². The Labute approximate surface area is 127 Å². The van der Waals surface area contributed by atoms with Crippen LogP contribution in [0.3, 0.4) is 0 Å². The Morgan fingerprint density at radius 1 is 0.810 bits per heavy atom. The molecule has 0 aliphatic carbocycles. The first-order chi connectivity index (χ1) is 10.2. The smallest absolute Gasteiger partial charge is 0.120 e. The molecule has 2 aromatic rings. The van der Waals surface area contributed by atoms with Gasteiger partial charge in [0.1, 0.15) is 18.1 Å². The zero-order chi connectivity index (χ0) is 14.9. The third-order valence-electron chi connectivity index (χ3n) is 3.16. The summed E-state index contributed by atoms with van der Waals surface area (Å²) in [5.74, 6) is 1.76. The molecular weight excluding hydrogens is 262 g/mol. The first-order valence-corrected chi connectivity index (χ1v) is 7.42. The van der Waals surface area contributed by atoms with Crippen LogP contribution in [0.1, 0.15) is 12.0 Å². The van der Waals surface area contributed by atoms with Crippen molar-refractivity contribution in [3.05, 3.63) is 60.2 Å². The van der Waals surface area contributed by atoms with Gasteiger partial charge in [0.25, 0.3) is 0 Å². The summed E-state index contributed by atoms with van der Waals surface area (Å²) >= 11 is 0. The van der Waals surface area contributed by atoms with Crippen molar-refractivity contribution >= 4 is 0 Å². The highest BCUT2D eigenvalue weighted by atomic mass is 16.5. The molecule has 2 aromatic carbocycles. The predicted octanol–water partition coefficient (Wildman–Crippen LogP) is 2.18. The molecule has 21 heavy (non-hydrogen) atoms. The monoisotopic (exact) mass is 286 g/mol.